The molecule has 0 atom stereocenters. The van der Waals surface area contributed by atoms with E-state index < -0.39 is 0 Å². The lowest BCUT2D eigenvalue weighted by atomic mass is 10.1. The highest BCUT2D eigenvalue weighted by Crippen LogP contribution is 2.24. The number of nitrogen functional groups attached to an aromatic ring is 1. The first kappa shape index (κ1) is 14.4. The Morgan fingerprint density at radius 2 is 1.82 bits per heavy atom. The summed E-state index contributed by atoms with van der Waals surface area (Å²) in [5.41, 5.74) is 5.99. The van der Waals surface area contributed by atoms with Gasteiger partial charge in [0.15, 0.2) is 0 Å². The van der Waals surface area contributed by atoms with Gasteiger partial charge in [0.05, 0.1) is 0 Å². The molecule has 0 spiro atoms. The first-order valence-corrected chi connectivity index (χ1v) is 7.40. The summed E-state index contributed by atoms with van der Waals surface area (Å²) in [6.07, 6.45) is 7.67. The summed E-state index contributed by atoms with van der Waals surface area (Å²) in [5.74, 6) is 0.799. The highest BCUT2D eigenvalue weighted by Gasteiger charge is 2.02. The van der Waals surface area contributed by atoms with E-state index in [4.69, 9.17) is 5.73 Å². The SMILES string of the molecule is CCCCCCCCSc1ccc(N)cc1F. The number of anilines is 1. The first-order valence-electron chi connectivity index (χ1n) is 6.42. The molecule has 96 valence electrons. The fraction of sp³-hybridized carbons (Fsp3) is 0.571. The fourth-order valence-electron chi connectivity index (χ4n) is 1.70. The Balaban J connectivity index is 2.14. The largest absolute Gasteiger partial charge is 0.399 e. The predicted molar refractivity (Wildman–Crippen MR) is 74.9 cm³/mol. The van der Waals surface area contributed by atoms with Gasteiger partial charge in [-0.15, -0.1) is 11.8 Å². The van der Waals surface area contributed by atoms with Crippen molar-refractivity contribution in [2.75, 3.05) is 11.5 Å². The molecule has 0 amide bonds. The summed E-state index contributed by atoms with van der Waals surface area (Å²) in [4.78, 5) is 0.716. The molecule has 1 nitrogen and oxygen atoms in total. The van der Waals surface area contributed by atoms with Crippen molar-refractivity contribution in [3.05, 3.63) is 24.0 Å². The zero-order valence-corrected chi connectivity index (χ0v) is 11.4. The van der Waals surface area contributed by atoms with Crippen LogP contribution in [0.5, 0.6) is 0 Å². The van der Waals surface area contributed by atoms with Crippen molar-refractivity contribution < 1.29 is 4.39 Å². The van der Waals surface area contributed by atoms with E-state index in [1.54, 1.807) is 23.9 Å². The second-order valence-corrected chi connectivity index (χ2v) is 5.44. The summed E-state index contributed by atoms with van der Waals surface area (Å²) in [5, 5.41) is 0. The van der Waals surface area contributed by atoms with Crippen LogP contribution in [0.25, 0.3) is 0 Å². The van der Waals surface area contributed by atoms with E-state index in [0.717, 1.165) is 12.2 Å². The molecule has 2 N–H and O–H groups in total. The Kier molecular flexibility index (Phi) is 7.10. The zero-order valence-electron chi connectivity index (χ0n) is 10.5. The van der Waals surface area contributed by atoms with E-state index >= 15 is 0 Å². The molecule has 0 unspecified atom stereocenters. The Hall–Kier alpha value is -0.700. The van der Waals surface area contributed by atoms with Crippen molar-refractivity contribution in [1.82, 2.24) is 0 Å². The van der Waals surface area contributed by atoms with Gasteiger partial charge in [0.25, 0.3) is 0 Å². The molecular formula is C14H22FNS. The minimum Gasteiger partial charge on any atom is -0.399 e. The molecule has 0 aliphatic heterocycles. The molecule has 0 saturated heterocycles. The van der Waals surface area contributed by atoms with Gasteiger partial charge >= 0.3 is 0 Å². The van der Waals surface area contributed by atoms with Crippen LogP contribution in [0.15, 0.2) is 23.1 Å². The Morgan fingerprint density at radius 1 is 1.12 bits per heavy atom. The maximum atomic E-state index is 13.4. The van der Waals surface area contributed by atoms with Crippen LogP contribution in [0.1, 0.15) is 45.4 Å². The highest BCUT2D eigenvalue weighted by molar-refractivity contribution is 7.99. The van der Waals surface area contributed by atoms with Crippen molar-refractivity contribution in [3.63, 3.8) is 0 Å². The number of nitrogens with two attached hydrogens (primary N) is 1. The highest BCUT2D eigenvalue weighted by atomic mass is 32.2. The van der Waals surface area contributed by atoms with Crippen LogP contribution in [0.3, 0.4) is 0 Å². The van der Waals surface area contributed by atoms with Gasteiger partial charge in [0.2, 0.25) is 0 Å². The Bertz CT molecular complexity index is 328. The van der Waals surface area contributed by atoms with Crippen LogP contribution >= 0.6 is 11.8 Å². The predicted octanol–water partition coefficient (Wildman–Crippen LogP) is 4.86. The third kappa shape index (κ3) is 5.97. The number of hydrogen-bond acceptors (Lipinski definition) is 2. The van der Waals surface area contributed by atoms with Gasteiger partial charge < -0.3 is 5.73 Å². The molecule has 1 aromatic rings. The number of hydrogen-bond donors (Lipinski definition) is 1. The van der Waals surface area contributed by atoms with Crippen LogP contribution in [-0.2, 0) is 0 Å². The van der Waals surface area contributed by atoms with Crippen LogP contribution < -0.4 is 5.73 Å². The quantitative estimate of drug-likeness (QED) is 0.408. The number of rotatable bonds is 8. The summed E-state index contributed by atoms with van der Waals surface area (Å²) < 4.78 is 13.4. The average molecular weight is 255 g/mol. The van der Waals surface area contributed by atoms with Gasteiger partial charge in [-0.1, -0.05) is 39.0 Å². The Labute approximate surface area is 108 Å². The smallest absolute Gasteiger partial charge is 0.138 e. The molecule has 0 bridgehead atoms. The fourth-order valence-corrected chi connectivity index (χ4v) is 2.63. The third-order valence-electron chi connectivity index (χ3n) is 2.71. The number of halogens is 1. The second kappa shape index (κ2) is 8.40. The summed E-state index contributed by atoms with van der Waals surface area (Å²) in [6, 6.07) is 4.92. The van der Waals surface area contributed by atoms with Crippen molar-refractivity contribution in [3.8, 4) is 0 Å². The molecular weight excluding hydrogens is 233 g/mol. The summed E-state index contributed by atoms with van der Waals surface area (Å²) >= 11 is 1.59. The molecule has 0 heterocycles. The molecule has 1 rings (SSSR count). The maximum absolute atomic E-state index is 13.4. The number of thioether (sulfide) groups is 1. The topological polar surface area (TPSA) is 26.0 Å². The minimum absolute atomic E-state index is 0.194. The summed E-state index contributed by atoms with van der Waals surface area (Å²) in [7, 11) is 0. The van der Waals surface area contributed by atoms with E-state index in [1.807, 2.05) is 0 Å². The van der Waals surface area contributed by atoms with Crippen LogP contribution in [0.4, 0.5) is 10.1 Å². The van der Waals surface area contributed by atoms with Gasteiger partial charge in [-0.05, 0) is 30.4 Å². The normalized spacial score (nSPS) is 10.7. The molecule has 0 aliphatic carbocycles. The molecule has 0 saturated carbocycles. The maximum Gasteiger partial charge on any atom is 0.138 e. The van der Waals surface area contributed by atoms with Gasteiger partial charge in [0, 0.05) is 10.6 Å². The lowest BCUT2D eigenvalue weighted by Gasteiger charge is -2.04. The van der Waals surface area contributed by atoms with Gasteiger partial charge in [-0.2, -0.15) is 0 Å². The average Bonchev–Trinajstić information content (AvgIpc) is 2.30. The summed E-state index contributed by atoms with van der Waals surface area (Å²) in [6.45, 7) is 2.22. The van der Waals surface area contributed by atoms with Gasteiger partial charge in [-0.3, -0.25) is 0 Å². The van der Waals surface area contributed by atoms with E-state index in [-0.39, 0.29) is 5.82 Å². The van der Waals surface area contributed by atoms with Gasteiger partial charge in [0.1, 0.15) is 5.82 Å². The lowest BCUT2D eigenvalue weighted by molar-refractivity contribution is 0.602. The standard InChI is InChI=1S/C14H22FNS/c1-2-3-4-5-6-7-10-17-14-9-8-12(16)11-13(14)15/h8-9,11H,2-7,10,16H2,1H3. The molecule has 0 aliphatic rings. The molecule has 0 aromatic heterocycles. The van der Waals surface area contributed by atoms with Crippen molar-refractivity contribution in [2.45, 2.75) is 50.3 Å². The Morgan fingerprint density at radius 3 is 2.53 bits per heavy atom. The molecule has 0 radical (unpaired) electrons. The lowest BCUT2D eigenvalue weighted by Crippen LogP contribution is -1.89. The molecule has 17 heavy (non-hydrogen) atoms. The second-order valence-electron chi connectivity index (χ2n) is 4.31. The van der Waals surface area contributed by atoms with Crippen LogP contribution in [0.2, 0.25) is 0 Å². The van der Waals surface area contributed by atoms with Gasteiger partial charge in [-0.25, -0.2) is 4.39 Å². The van der Waals surface area contributed by atoms with Crippen molar-refractivity contribution >= 4 is 17.4 Å². The van der Waals surface area contributed by atoms with E-state index in [0.29, 0.717) is 10.6 Å². The third-order valence-corrected chi connectivity index (χ3v) is 3.85. The molecule has 0 fully saturated rings. The molecule has 1 aromatic carbocycles. The van der Waals surface area contributed by atoms with E-state index in [9.17, 15) is 4.39 Å². The number of benzene rings is 1. The van der Waals surface area contributed by atoms with E-state index in [2.05, 4.69) is 6.92 Å². The van der Waals surface area contributed by atoms with E-state index in [1.165, 1.54) is 38.2 Å². The first-order chi connectivity index (χ1) is 8.24. The minimum atomic E-state index is -0.194. The number of unbranched alkanes of at least 4 members (excludes halogenated alkanes) is 5. The zero-order chi connectivity index (χ0) is 12.5. The van der Waals surface area contributed by atoms with Crippen LogP contribution in [0, 0.1) is 5.82 Å². The van der Waals surface area contributed by atoms with Crippen molar-refractivity contribution in [2.24, 2.45) is 0 Å². The van der Waals surface area contributed by atoms with Crippen molar-refractivity contribution in [1.29, 1.82) is 0 Å². The molecule has 3 heteroatoms. The monoisotopic (exact) mass is 255 g/mol. The van der Waals surface area contributed by atoms with Crippen LogP contribution in [-0.4, -0.2) is 5.75 Å².